The fraction of sp³-hybridized carbons (Fsp3) is 0.545. The van der Waals surface area contributed by atoms with Gasteiger partial charge in [-0.2, -0.15) is 0 Å². The topological polar surface area (TPSA) is 59.1 Å². The van der Waals surface area contributed by atoms with E-state index in [0.717, 1.165) is 5.69 Å². The van der Waals surface area contributed by atoms with Crippen LogP contribution in [0.1, 0.15) is 19.5 Å². The summed E-state index contributed by atoms with van der Waals surface area (Å²) >= 11 is 0. The first-order chi connectivity index (χ1) is 7.53. The van der Waals surface area contributed by atoms with Gasteiger partial charge in [0.1, 0.15) is 0 Å². The first-order valence-electron chi connectivity index (χ1n) is 5.37. The molecule has 0 saturated carbocycles. The van der Waals surface area contributed by atoms with Crippen molar-refractivity contribution in [2.75, 3.05) is 11.5 Å². The average molecular weight is 242 g/mol. The van der Waals surface area contributed by atoms with Crippen molar-refractivity contribution in [1.29, 1.82) is 0 Å². The van der Waals surface area contributed by atoms with Gasteiger partial charge in [-0.05, 0) is 19.1 Å². The molecule has 0 radical (unpaired) electrons. The minimum atomic E-state index is -2.91. The molecular formula is C11H18N2O2S. The lowest BCUT2D eigenvalue weighted by atomic mass is 10.3. The van der Waals surface area contributed by atoms with Crippen LogP contribution >= 0.6 is 0 Å². The summed E-state index contributed by atoms with van der Waals surface area (Å²) in [5, 5.41) is 3.15. The highest BCUT2D eigenvalue weighted by Crippen LogP contribution is 1.97. The Labute approximate surface area is 97.0 Å². The third-order valence-electron chi connectivity index (χ3n) is 2.30. The summed E-state index contributed by atoms with van der Waals surface area (Å²) in [6.07, 6.45) is 1.73. The van der Waals surface area contributed by atoms with Crippen LogP contribution < -0.4 is 5.32 Å². The predicted octanol–water partition coefficient (Wildman–Crippen LogP) is 0.994. The van der Waals surface area contributed by atoms with Crippen LogP contribution in [0.4, 0.5) is 0 Å². The van der Waals surface area contributed by atoms with Gasteiger partial charge in [-0.25, -0.2) is 8.42 Å². The molecule has 0 saturated heterocycles. The number of sulfone groups is 1. The van der Waals surface area contributed by atoms with Crippen LogP contribution in [0.3, 0.4) is 0 Å². The summed E-state index contributed by atoms with van der Waals surface area (Å²) < 4.78 is 22.7. The van der Waals surface area contributed by atoms with Gasteiger partial charge >= 0.3 is 0 Å². The normalized spacial score (nSPS) is 13.6. The van der Waals surface area contributed by atoms with Crippen molar-refractivity contribution in [3.8, 4) is 0 Å². The Morgan fingerprint density at radius 2 is 2.19 bits per heavy atom. The number of aromatic nitrogens is 1. The van der Waals surface area contributed by atoms with Crippen LogP contribution in [0.15, 0.2) is 24.4 Å². The molecule has 1 atom stereocenters. The molecule has 0 aromatic carbocycles. The van der Waals surface area contributed by atoms with Crippen LogP contribution in [0, 0.1) is 0 Å². The monoisotopic (exact) mass is 242 g/mol. The standard InChI is InChI=1S/C11H18N2O2S/c1-3-16(14,15)9-10(2)13-8-11-6-4-5-7-12-11/h4-7,10,13H,3,8-9H2,1-2H3. The van der Waals surface area contributed by atoms with E-state index in [1.807, 2.05) is 25.1 Å². The van der Waals surface area contributed by atoms with E-state index in [0.29, 0.717) is 6.54 Å². The van der Waals surface area contributed by atoms with Gasteiger partial charge in [-0.15, -0.1) is 0 Å². The lowest BCUT2D eigenvalue weighted by Gasteiger charge is -2.12. The Morgan fingerprint density at radius 1 is 1.44 bits per heavy atom. The highest BCUT2D eigenvalue weighted by atomic mass is 32.2. The summed E-state index contributed by atoms with van der Waals surface area (Å²) in [5.74, 6) is 0.374. The molecule has 0 aliphatic rings. The first-order valence-corrected chi connectivity index (χ1v) is 7.19. The molecule has 0 fully saturated rings. The molecule has 1 aromatic heterocycles. The third kappa shape index (κ3) is 4.72. The van der Waals surface area contributed by atoms with Gasteiger partial charge < -0.3 is 5.32 Å². The molecule has 0 aliphatic carbocycles. The van der Waals surface area contributed by atoms with E-state index >= 15 is 0 Å². The molecular weight excluding hydrogens is 224 g/mol. The van der Waals surface area contributed by atoms with Crippen molar-refractivity contribution < 1.29 is 8.42 Å². The molecule has 0 aliphatic heterocycles. The largest absolute Gasteiger partial charge is 0.308 e. The number of nitrogens with zero attached hydrogens (tertiary/aromatic N) is 1. The maximum atomic E-state index is 11.4. The second-order valence-electron chi connectivity index (χ2n) is 3.80. The molecule has 0 amide bonds. The van der Waals surface area contributed by atoms with Crippen LogP contribution in [-0.2, 0) is 16.4 Å². The molecule has 1 unspecified atom stereocenters. The molecule has 0 spiro atoms. The lowest BCUT2D eigenvalue weighted by Crippen LogP contribution is -2.33. The molecule has 1 aromatic rings. The van der Waals surface area contributed by atoms with Gasteiger partial charge in [0.2, 0.25) is 0 Å². The predicted molar refractivity (Wildman–Crippen MR) is 64.9 cm³/mol. The molecule has 90 valence electrons. The summed E-state index contributed by atoms with van der Waals surface area (Å²) in [7, 11) is -2.91. The van der Waals surface area contributed by atoms with Crippen molar-refractivity contribution in [3.63, 3.8) is 0 Å². The van der Waals surface area contributed by atoms with Crippen molar-refractivity contribution in [2.24, 2.45) is 0 Å². The second kappa shape index (κ2) is 5.96. The summed E-state index contributed by atoms with van der Waals surface area (Å²) in [6.45, 7) is 4.14. The molecule has 1 heterocycles. The summed E-state index contributed by atoms with van der Waals surface area (Å²) in [5.41, 5.74) is 0.920. The first kappa shape index (κ1) is 13.1. The average Bonchev–Trinajstić information content (AvgIpc) is 2.27. The van der Waals surface area contributed by atoms with E-state index in [-0.39, 0.29) is 17.5 Å². The maximum absolute atomic E-state index is 11.4. The molecule has 0 bridgehead atoms. The van der Waals surface area contributed by atoms with Crippen LogP contribution in [0.2, 0.25) is 0 Å². The fourth-order valence-electron chi connectivity index (χ4n) is 1.34. The Hall–Kier alpha value is -0.940. The van der Waals surface area contributed by atoms with E-state index in [9.17, 15) is 8.42 Å². The smallest absolute Gasteiger partial charge is 0.151 e. The molecule has 1 rings (SSSR count). The summed E-state index contributed by atoms with van der Waals surface area (Å²) in [4.78, 5) is 4.16. The van der Waals surface area contributed by atoms with Gasteiger partial charge in [0.25, 0.3) is 0 Å². The van der Waals surface area contributed by atoms with Crippen molar-refractivity contribution in [3.05, 3.63) is 30.1 Å². The van der Waals surface area contributed by atoms with Crippen molar-refractivity contribution >= 4 is 9.84 Å². The summed E-state index contributed by atoms with van der Waals surface area (Å²) in [6, 6.07) is 5.63. The minimum absolute atomic E-state index is 0.0491. The van der Waals surface area contributed by atoms with Gasteiger partial charge in [0.05, 0.1) is 11.4 Å². The number of hydrogen-bond donors (Lipinski definition) is 1. The van der Waals surface area contributed by atoms with Gasteiger partial charge in [0.15, 0.2) is 9.84 Å². The number of nitrogens with one attached hydrogen (secondary N) is 1. The van der Waals surface area contributed by atoms with Gasteiger partial charge in [-0.1, -0.05) is 13.0 Å². The molecule has 16 heavy (non-hydrogen) atoms. The fourth-order valence-corrected chi connectivity index (χ4v) is 2.45. The SMILES string of the molecule is CCS(=O)(=O)CC(C)NCc1ccccn1. The van der Waals surface area contributed by atoms with Crippen molar-refractivity contribution in [1.82, 2.24) is 10.3 Å². The Bertz CT molecular complexity index is 403. The van der Waals surface area contributed by atoms with Crippen molar-refractivity contribution in [2.45, 2.75) is 26.4 Å². The zero-order chi connectivity index (χ0) is 12.0. The Morgan fingerprint density at radius 3 is 2.75 bits per heavy atom. The Kier molecular flexibility index (Phi) is 4.89. The molecule has 4 nitrogen and oxygen atoms in total. The Balaban J connectivity index is 2.39. The molecule has 1 N–H and O–H groups in total. The number of hydrogen-bond acceptors (Lipinski definition) is 4. The van der Waals surface area contributed by atoms with E-state index in [1.54, 1.807) is 13.1 Å². The highest BCUT2D eigenvalue weighted by Gasteiger charge is 2.12. The van der Waals surface area contributed by atoms with E-state index in [1.165, 1.54) is 0 Å². The third-order valence-corrected chi connectivity index (χ3v) is 4.19. The maximum Gasteiger partial charge on any atom is 0.151 e. The minimum Gasteiger partial charge on any atom is -0.308 e. The quantitative estimate of drug-likeness (QED) is 0.808. The zero-order valence-electron chi connectivity index (χ0n) is 9.68. The van der Waals surface area contributed by atoms with Crippen LogP contribution in [0.25, 0.3) is 0 Å². The van der Waals surface area contributed by atoms with E-state index < -0.39 is 9.84 Å². The van der Waals surface area contributed by atoms with Crippen LogP contribution in [0.5, 0.6) is 0 Å². The van der Waals surface area contributed by atoms with Crippen LogP contribution in [-0.4, -0.2) is 30.9 Å². The number of rotatable bonds is 6. The highest BCUT2D eigenvalue weighted by molar-refractivity contribution is 7.91. The van der Waals surface area contributed by atoms with Gasteiger partial charge in [0, 0.05) is 24.5 Å². The van der Waals surface area contributed by atoms with E-state index in [4.69, 9.17) is 0 Å². The van der Waals surface area contributed by atoms with E-state index in [2.05, 4.69) is 10.3 Å². The zero-order valence-corrected chi connectivity index (χ0v) is 10.5. The lowest BCUT2D eigenvalue weighted by molar-refractivity contribution is 0.554. The molecule has 5 heteroatoms. The van der Waals surface area contributed by atoms with Gasteiger partial charge in [-0.3, -0.25) is 4.98 Å². The second-order valence-corrected chi connectivity index (χ2v) is 6.20. The number of pyridine rings is 1.